The van der Waals surface area contributed by atoms with Crippen LogP contribution in [0.3, 0.4) is 0 Å². The Morgan fingerprint density at radius 1 is 1.22 bits per heavy atom. The van der Waals surface area contributed by atoms with E-state index in [1.807, 2.05) is 20.1 Å². The molecule has 1 rings (SSSR count). The van der Waals surface area contributed by atoms with E-state index in [2.05, 4.69) is 59.9 Å². The summed E-state index contributed by atoms with van der Waals surface area (Å²) in [6.07, 6.45) is 1.86. The van der Waals surface area contributed by atoms with Crippen molar-refractivity contribution in [2.75, 3.05) is 11.9 Å². The molecule has 0 fully saturated rings. The summed E-state index contributed by atoms with van der Waals surface area (Å²) in [4.78, 5) is 22.4. The van der Waals surface area contributed by atoms with Gasteiger partial charge in [-0.25, -0.2) is 6.29 Å². The largest absolute Gasteiger partial charge is 0 e. The molecule has 0 saturated heterocycles. The minimum absolute atomic E-state index is 0. The number of carbonyl (C=O) groups excluding carboxylic acids is 1. The van der Waals surface area contributed by atoms with Crippen molar-refractivity contribution in [2.45, 2.75) is 33.2 Å². The number of halogens is 3. The van der Waals surface area contributed by atoms with Crippen molar-refractivity contribution in [3.05, 3.63) is 34.4 Å². The van der Waals surface area contributed by atoms with Crippen LogP contribution in [0.1, 0.15) is 27.7 Å². The molecule has 5 nitrogen and oxygen atoms in total. The summed E-state index contributed by atoms with van der Waals surface area (Å²) in [6.45, 7) is 7.30. The molecule has 0 aliphatic rings. The van der Waals surface area contributed by atoms with Crippen molar-refractivity contribution in [1.29, 1.82) is 0 Å². The second kappa shape index (κ2) is 16.2. The standard InChI is InChI=1S/C11H13N2O3.C2H6.3HI.V.Y/c1-11(2,8-14)12(3)9-6-4-5-7-10(9)13(15)16;1-2;;;;;/h4-7H,1-3H3;1-2H3;3*1H;;/q-1;;;;;+3;/p-3. The average Bonchev–Trinajstić information content (AvgIpc) is 2.47. The first-order valence-electron chi connectivity index (χ1n) is 6.27. The first-order valence-corrected chi connectivity index (χ1v) is 19.8. The van der Waals surface area contributed by atoms with E-state index in [9.17, 15) is 14.9 Å². The van der Waals surface area contributed by atoms with Crippen molar-refractivity contribution in [2.24, 2.45) is 0 Å². The first-order chi connectivity index (χ1) is 10.1. The van der Waals surface area contributed by atoms with Gasteiger partial charge in [-0.2, -0.15) is 0 Å². The summed E-state index contributed by atoms with van der Waals surface area (Å²) in [7, 11) is 1.63. The van der Waals surface area contributed by atoms with E-state index >= 15 is 0 Å². The van der Waals surface area contributed by atoms with Crippen LogP contribution in [0.2, 0.25) is 0 Å². The summed E-state index contributed by atoms with van der Waals surface area (Å²) in [5.41, 5.74) is -0.513. The SMILES string of the molecule is CC.CN(c1ccccc1[N+](=O)[O-])C(C)(C)[C-]=O.[I][V]([I])[I].[Y]. The Labute approximate surface area is 201 Å². The number of hydrogen-bond donors (Lipinski definition) is 0. The molecular weight excluding hydrogens is 753 g/mol. The number of hydrogen-bond acceptors (Lipinski definition) is 4. The fourth-order valence-electron chi connectivity index (χ4n) is 1.27. The topological polar surface area (TPSA) is 63.4 Å². The van der Waals surface area contributed by atoms with Gasteiger partial charge in [-0.15, -0.1) is 0 Å². The Balaban J connectivity index is -0.000000498. The van der Waals surface area contributed by atoms with Crippen LogP contribution in [0.5, 0.6) is 0 Å². The molecule has 0 amide bonds. The number of nitro groups is 1. The molecular formula is C13H19I3N2O3VY-. The van der Waals surface area contributed by atoms with Crippen LogP contribution in [-0.4, -0.2) is 23.8 Å². The van der Waals surface area contributed by atoms with E-state index in [0.29, 0.717) is 5.69 Å². The molecule has 0 atom stereocenters. The van der Waals surface area contributed by atoms with Crippen LogP contribution in [-0.2, 0) is 42.4 Å². The molecule has 129 valence electrons. The Hall–Kier alpha value is 1.97. The van der Waals surface area contributed by atoms with Gasteiger partial charge in [0, 0.05) is 45.8 Å². The maximum absolute atomic E-state index is 10.8. The molecule has 1 aromatic carbocycles. The summed E-state index contributed by atoms with van der Waals surface area (Å²) in [6, 6.07) is 6.30. The number of benzene rings is 1. The van der Waals surface area contributed by atoms with E-state index < -0.39 is 10.5 Å². The molecule has 0 N–H and O–H groups in total. The van der Waals surface area contributed by atoms with E-state index in [1.165, 1.54) is 11.0 Å². The first kappa shape index (κ1) is 29.7. The number of nitrogens with zero attached hydrogens (tertiary/aromatic N) is 2. The summed E-state index contributed by atoms with van der Waals surface area (Å²) >= 11 is 7.39. The number of nitro benzene ring substituents is 1. The predicted octanol–water partition coefficient (Wildman–Crippen LogP) is 5.60. The summed E-state index contributed by atoms with van der Waals surface area (Å²) < 4.78 is 0. The van der Waals surface area contributed by atoms with Crippen molar-refractivity contribution in [3.8, 4) is 0 Å². The number of para-hydroxylation sites is 2. The van der Waals surface area contributed by atoms with Gasteiger partial charge in [0.2, 0.25) is 0 Å². The van der Waals surface area contributed by atoms with Crippen LogP contribution in [0.15, 0.2) is 24.3 Å². The molecule has 1 aromatic rings. The molecule has 0 saturated carbocycles. The zero-order valence-electron chi connectivity index (χ0n) is 13.6. The second-order valence-corrected chi connectivity index (χ2v) is 39.5. The Bertz CT molecular complexity index is 477. The minimum Gasteiger partial charge on any atom is 0 e. The van der Waals surface area contributed by atoms with Crippen molar-refractivity contribution in [1.82, 2.24) is 0 Å². The third-order valence-electron chi connectivity index (χ3n) is 2.53. The van der Waals surface area contributed by atoms with Gasteiger partial charge in [-0.1, -0.05) is 45.4 Å². The number of rotatable bonds is 4. The third kappa shape index (κ3) is 12.9. The van der Waals surface area contributed by atoms with Crippen LogP contribution >= 0.6 is 59.9 Å². The summed E-state index contributed by atoms with van der Waals surface area (Å²) in [5, 5.41) is 10.8. The Kier molecular flexibility index (Phi) is 20.9. The zero-order valence-corrected chi connectivity index (χ0v) is 24.3. The van der Waals surface area contributed by atoms with Crippen LogP contribution in [0.4, 0.5) is 11.4 Å². The maximum atomic E-state index is 10.8. The van der Waals surface area contributed by atoms with Crippen molar-refractivity contribution in [3.63, 3.8) is 0 Å². The quantitative estimate of drug-likeness (QED) is 0.173. The molecule has 0 aliphatic heterocycles. The van der Waals surface area contributed by atoms with Crippen LogP contribution in [0.25, 0.3) is 0 Å². The van der Waals surface area contributed by atoms with Gasteiger partial charge < -0.3 is 9.69 Å². The van der Waals surface area contributed by atoms with E-state index in [0.717, 1.165) is 0 Å². The van der Waals surface area contributed by atoms with Gasteiger partial charge in [-0.05, 0) is 6.07 Å². The Morgan fingerprint density at radius 2 is 1.61 bits per heavy atom. The predicted molar refractivity (Wildman–Crippen MR) is 115 cm³/mol. The van der Waals surface area contributed by atoms with Gasteiger partial charge >= 0.3 is 64.9 Å². The van der Waals surface area contributed by atoms with Crippen molar-refractivity contribution >= 4 is 77.6 Å². The van der Waals surface area contributed by atoms with Gasteiger partial charge in [0.05, 0.1) is 4.92 Å². The molecule has 0 bridgehead atoms. The average molecular weight is 772 g/mol. The van der Waals surface area contributed by atoms with Crippen molar-refractivity contribution < 1.29 is 47.3 Å². The Morgan fingerprint density at radius 3 is 1.96 bits per heavy atom. The fourth-order valence-corrected chi connectivity index (χ4v) is 1.27. The molecule has 0 aliphatic carbocycles. The summed E-state index contributed by atoms with van der Waals surface area (Å²) in [5.74, 6) is 0. The smallest absolute Gasteiger partial charge is 0 e. The van der Waals surface area contributed by atoms with E-state index in [-0.39, 0.29) is 43.3 Å². The molecule has 0 spiro atoms. The molecule has 0 aromatic heterocycles. The van der Waals surface area contributed by atoms with E-state index in [1.54, 1.807) is 39.1 Å². The molecule has 23 heavy (non-hydrogen) atoms. The molecule has 0 heterocycles. The van der Waals surface area contributed by atoms with E-state index in [4.69, 9.17) is 0 Å². The zero-order chi connectivity index (χ0) is 17.9. The fraction of sp³-hybridized carbons (Fsp3) is 0.462. The number of anilines is 1. The van der Waals surface area contributed by atoms with Gasteiger partial charge in [-0.3, -0.25) is 10.1 Å². The molecule has 0 unspecified atom stereocenters. The molecule has 1 radical (unpaired) electrons. The third-order valence-corrected chi connectivity index (χ3v) is 2.53. The van der Waals surface area contributed by atoms with Gasteiger partial charge in [0.25, 0.3) is 5.69 Å². The monoisotopic (exact) mass is 772 g/mol. The van der Waals surface area contributed by atoms with Gasteiger partial charge in [0.1, 0.15) is 5.69 Å². The second-order valence-electron chi connectivity index (χ2n) is 4.16. The van der Waals surface area contributed by atoms with Crippen LogP contribution < -0.4 is 4.90 Å². The number of likely N-dealkylation sites (N-methyl/N-ethyl adjacent to an activating group) is 1. The normalized spacial score (nSPS) is 9.43. The van der Waals surface area contributed by atoms with Gasteiger partial charge in [0.15, 0.2) is 0 Å². The minimum atomic E-state index is -0.897. The maximum Gasteiger partial charge on any atom is 0 e. The molecule has 10 heteroatoms. The van der Waals surface area contributed by atoms with Crippen LogP contribution in [0, 0.1) is 10.1 Å².